The van der Waals surface area contributed by atoms with Crippen LogP contribution in [0.5, 0.6) is 0 Å². The van der Waals surface area contributed by atoms with Gasteiger partial charge in [0, 0.05) is 14.0 Å². The fourth-order valence-electron chi connectivity index (χ4n) is 2.05. The maximum Gasteiger partial charge on any atom is 0.180 e. The lowest BCUT2D eigenvalue weighted by atomic mass is 9.86. The van der Waals surface area contributed by atoms with Crippen LogP contribution in [-0.4, -0.2) is 15.6 Å². The van der Waals surface area contributed by atoms with Crippen LogP contribution in [0.25, 0.3) is 11.3 Å². The van der Waals surface area contributed by atoms with E-state index in [0.717, 1.165) is 11.3 Å². The monoisotopic (exact) mass is 256 g/mol. The van der Waals surface area contributed by atoms with E-state index in [-0.39, 0.29) is 11.2 Å². The van der Waals surface area contributed by atoms with Crippen molar-refractivity contribution >= 4 is 5.78 Å². The number of hydrogen-bond donors (Lipinski definition) is 0. The summed E-state index contributed by atoms with van der Waals surface area (Å²) in [5, 5.41) is 4.22. The zero-order chi connectivity index (χ0) is 14.2. The minimum absolute atomic E-state index is 0.00633. The minimum atomic E-state index is -0.00633. The zero-order valence-corrected chi connectivity index (χ0v) is 12.2. The molecule has 3 heteroatoms. The number of benzene rings is 1. The van der Waals surface area contributed by atoms with Crippen LogP contribution in [0.1, 0.15) is 43.7 Å². The van der Waals surface area contributed by atoms with Gasteiger partial charge in [0.15, 0.2) is 5.78 Å². The van der Waals surface area contributed by atoms with Gasteiger partial charge in [-0.3, -0.25) is 9.48 Å². The van der Waals surface area contributed by atoms with E-state index in [1.54, 1.807) is 4.68 Å². The van der Waals surface area contributed by atoms with Crippen molar-refractivity contribution in [1.82, 2.24) is 9.78 Å². The summed E-state index contributed by atoms with van der Waals surface area (Å²) in [5.41, 5.74) is 4.00. The van der Waals surface area contributed by atoms with Crippen LogP contribution in [0.4, 0.5) is 0 Å². The molecule has 0 aliphatic carbocycles. The average molecular weight is 256 g/mol. The van der Waals surface area contributed by atoms with Crippen molar-refractivity contribution in [1.29, 1.82) is 0 Å². The van der Waals surface area contributed by atoms with Crippen LogP contribution in [0, 0.1) is 0 Å². The van der Waals surface area contributed by atoms with Crippen molar-refractivity contribution in [2.75, 3.05) is 0 Å². The van der Waals surface area contributed by atoms with E-state index in [0.29, 0.717) is 5.69 Å². The molecule has 0 saturated carbocycles. The molecule has 19 heavy (non-hydrogen) atoms. The molecule has 0 N–H and O–H groups in total. The number of Topliss-reactive ketones (excluding diaryl/α,β-unsaturated/α-hetero) is 1. The van der Waals surface area contributed by atoms with Gasteiger partial charge in [-0.15, -0.1) is 0 Å². The van der Waals surface area contributed by atoms with E-state index in [4.69, 9.17) is 0 Å². The van der Waals surface area contributed by atoms with Crippen molar-refractivity contribution in [3.8, 4) is 11.3 Å². The van der Waals surface area contributed by atoms with Gasteiger partial charge in [0.1, 0.15) is 5.69 Å². The van der Waals surface area contributed by atoms with E-state index in [9.17, 15) is 4.79 Å². The number of hydrogen-bond acceptors (Lipinski definition) is 2. The van der Waals surface area contributed by atoms with Gasteiger partial charge in [0.25, 0.3) is 0 Å². The van der Waals surface area contributed by atoms with Crippen molar-refractivity contribution < 1.29 is 4.79 Å². The first-order valence-corrected chi connectivity index (χ1v) is 6.45. The predicted octanol–water partition coefficient (Wildman–Crippen LogP) is 3.59. The van der Waals surface area contributed by atoms with E-state index in [2.05, 4.69) is 50.1 Å². The van der Waals surface area contributed by atoms with E-state index < -0.39 is 0 Å². The van der Waals surface area contributed by atoms with Gasteiger partial charge in [-0.2, -0.15) is 5.10 Å². The number of rotatable bonds is 2. The summed E-state index contributed by atoms with van der Waals surface area (Å²) in [6.45, 7) is 8.12. The number of carbonyl (C=O) groups excluding carboxylic acids is 1. The highest BCUT2D eigenvalue weighted by molar-refractivity contribution is 5.93. The first kappa shape index (κ1) is 13.5. The van der Waals surface area contributed by atoms with E-state index in [1.165, 1.54) is 12.5 Å². The molecule has 0 spiro atoms. The fraction of sp³-hybridized carbons (Fsp3) is 0.375. The van der Waals surface area contributed by atoms with Gasteiger partial charge < -0.3 is 0 Å². The SMILES string of the molecule is CC(=O)c1cc(-c2ccc(C(C)(C)C)cc2)n(C)n1. The van der Waals surface area contributed by atoms with Crippen molar-refractivity contribution in [3.63, 3.8) is 0 Å². The molecule has 0 atom stereocenters. The molecule has 2 aromatic rings. The van der Waals surface area contributed by atoms with Crippen LogP contribution >= 0.6 is 0 Å². The number of nitrogens with zero attached hydrogens (tertiary/aromatic N) is 2. The molecular formula is C16H20N2O. The Morgan fingerprint density at radius 1 is 1.16 bits per heavy atom. The highest BCUT2D eigenvalue weighted by Crippen LogP contribution is 2.26. The lowest BCUT2D eigenvalue weighted by Crippen LogP contribution is -2.10. The Kier molecular flexibility index (Phi) is 3.31. The molecule has 1 aromatic carbocycles. The average Bonchev–Trinajstić information content (AvgIpc) is 2.70. The Bertz CT molecular complexity index is 601. The molecule has 0 aliphatic heterocycles. The third kappa shape index (κ3) is 2.75. The maximum absolute atomic E-state index is 11.4. The van der Waals surface area contributed by atoms with Crippen LogP contribution in [0.15, 0.2) is 30.3 Å². The Morgan fingerprint density at radius 3 is 2.16 bits per heavy atom. The summed E-state index contributed by atoms with van der Waals surface area (Å²) in [5.74, 6) is -0.00633. The highest BCUT2D eigenvalue weighted by atomic mass is 16.1. The normalized spacial score (nSPS) is 11.6. The molecule has 100 valence electrons. The molecule has 0 saturated heterocycles. The number of aryl methyl sites for hydroxylation is 1. The second kappa shape index (κ2) is 4.65. The smallest absolute Gasteiger partial charge is 0.180 e. The summed E-state index contributed by atoms with van der Waals surface area (Å²) in [6.07, 6.45) is 0. The van der Waals surface area contributed by atoms with Gasteiger partial charge in [0.05, 0.1) is 5.69 Å². The van der Waals surface area contributed by atoms with Gasteiger partial charge >= 0.3 is 0 Å². The Hall–Kier alpha value is -1.90. The summed E-state index contributed by atoms with van der Waals surface area (Å²) in [6, 6.07) is 10.3. The first-order chi connectivity index (χ1) is 8.79. The molecular weight excluding hydrogens is 236 g/mol. The standard InChI is InChI=1S/C16H20N2O/c1-11(19)14-10-15(18(5)17-14)12-6-8-13(9-7-12)16(2,3)4/h6-10H,1-5H3. The number of carbonyl (C=O) groups is 1. The molecule has 0 amide bonds. The maximum atomic E-state index is 11.4. The van der Waals surface area contributed by atoms with Crippen molar-refractivity contribution in [2.45, 2.75) is 33.1 Å². The van der Waals surface area contributed by atoms with Crippen LogP contribution in [-0.2, 0) is 12.5 Å². The predicted molar refractivity (Wildman–Crippen MR) is 77.3 cm³/mol. The second-order valence-electron chi connectivity index (χ2n) is 5.92. The lowest BCUT2D eigenvalue weighted by Gasteiger charge is -2.19. The van der Waals surface area contributed by atoms with Gasteiger partial charge in [-0.25, -0.2) is 0 Å². The Morgan fingerprint density at radius 2 is 1.74 bits per heavy atom. The fourth-order valence-corrected chi connectivity index (χ4v) is 2.05. The topological polar surface area (TPSA) is 34.9 Å². The first-order valence-electron chi connectivity index (χ1n) is 6.45. The highest BCUT2D eigenvalue weighted by Gasteiger charge is 2.14. The van der Waals surface area contributed by atoms with Crippen molar-refractivity contribution in [2.24, 2.45) is 7.05 Å². The largest absolute Gasteiger partial charge is 0.293 e. The summed E-state index contributed by atoms with van der Waals surface area (Å²) in [4.78, 5) is 11.4. The molecule has 1 aromatic heterocycles. The van der Waals surface area contributed by atoms with Crippen LogP contribution in [0.2, 0.25) is 0 Å². The second-order valence-corrected chi connectivity index (χ2v) is 5.92. The molecule has 0 fully saturated rings. The molecule has 0 bridgehead atoms. The van der Waals surface area contributed by atoms with Gasteiger partial charge in [-0.05, 0) is 22.6 Å². The Balaban J connectivity index is 2.40. The van der Waals surface area contributed by atoms with E-state index in [1.807, 2.05) is 13.1 Å². The third-order valence-corrected chi connectivity index (χ3v) is 3.29. The molecule has 2 rings (SSSR count). The van der Waals surface area contributed by atoms with Gasteiger partial charge in [-0.1, -0.05) is 45.0 Å². The summed E-state index contributed by atoms with van der Waals surface area (Å²) >= 11 is 0. The molecule has 0 unspecified atom stereocenters. The molecule has 0 aliphatic rings. The lowest BCUT2D eigenvalue weighted by molar-refractivity contribution is 0.101. The van der Waals surface area contributed by atoms with Crippen LogP contribution < -0.4 is 0 Å². The molecule has 0 radical (unpaired) electrons. The van der Waals surface area contributed by atoms with Crippen molar-refractivity contribution in [3.05, 3.63) is 41.6 Å². The number of aromatic nitrogens is 2. The number of ketones is 1. The van der Waals surface area contributed by atoms with Crippen LogP contribution in [0.3, 0.4) is 0 Å². The Labute approximate surface area is 114 Å². The van der Waals surface area contributed by atoms with Gasteiger partial charge in [0.2, 0.25) is 0 Å². The zero-order valence-electron chi connectivity index (χ0n) is 12.2. The van der Waals surface area contributed by atoms with E-state index >= 15 is 0 Å². The summed E-state index contributed by atoms with van der Waals surface area (Å²) in [7, 11) is 1.86. The summed E-state index contributed by atoms with van der Waals surface area (Å²) < 4.78 is 1.75. The molecule has 1 heterocycles. The molecule has 3 nitrogen and oxygen atoms in total. The minimum Gasteiger partial charge on any atom is -0.293 e. The third-order valence-electron chi connectivity index (χ3n) is 3.29. The quantitative estimate of drug-likeness (QED) is 0.770.